The van der Waals surface area contributed by atoms with Gasteiger partial charge in [0.1, 0.15) is 6.61 Å². The lowest BCUT2D eigenvalue weighted by molar-refractivity contribution is -0.143. The molecule has 8 heteroatoms. The molecular formula is C26H30N2O6. The number of rotatable bonds is 8. The lowest BCUT2D eigenvalue weighted by Gasteiger charge is -2.27. The third kappa shape index (κ3) is 5.56. The second-order valence-corrected chi connectivity index (χ2v) is 9.03. The summed E-state index contributed by atoms with van der Waals surface area (Å²) in [5.74, 6) is -1.71. The minimum absolute atomic E-state index is 0.0565. The number of carboxylic acid groups (broad SMARTS) is 1. The predicted molar refractivity (Wildman–Crippen MR) is 125 cm³/mol. The van der Waals surface area contributed by atoms with Crippen molar-refractivity contribution in [2.75, 3.05) is 13.2 Å². The van der Waals surface area contributed by atoms with Gasteiger partial charge in [-0.1, -0.05) is 55.0 Å². The Hall–Kier alpha value is -3.39. The number of hydrogen-bond donors (Lipinski definition) is 4. The third-order valence-corrected chi connectivity index (χ3v) is 6.64. The summed E-state index contributed by atoms with van der Waals surface area (Å²) in [5, 5.41) is 24.6. The Morgan fingerprint density at radius 3 is 2.29 bits per heavy atom. The molecule has 1 unspecified atom stereocenters. The first kappa shape index (κ1) is 23.8. The summed E-state index contributed by atoms with van der Waals surface area (Å²) in [6, 6.07) is 15.9. The Morgan fingerprint density at radius 2 is 1.65 bits per heavy atom. The molecule has 8 nitrogen and oxygen atoms in total. The number of nitrogens with one attached hydrogen (secondary N) is 2. The number of carbonyl (C=O) groups excluding carboxylic acids is 2. The number of hydrogen-bond acceptors (Lipinski definition) is 5. The van der Waals surface area contributed by atoms with Crippen LogP contribution in [0.4, 0.5) is 4.79 Å². The van der Waals surface area contributed by atoms with Gasteiger partial charge in [-0.05, 0) is 41.5 Å². The van der Waals surface area contributed by atoms with Crippen molar-refractivity contribution in [2.24, 2.45) is 5.92 Å². The second kappa shape index (κ2) is 10.7. The van der Waals surface area contributed by atoms with E-state index in [1.807, 2.05) is 36.4 Å². The minimum Gasteiger partial charge on any atom is -0.481 e. The lowest BCUT2D eigenvalue weighted by Crippen LogP contribution is -2.42. The summed E-state index contributed by atoms with van der Waals surface area (Å²) < 4.78 is 5.43. The van der Waals surface area contributed by atoms with E-state index in [1.54, 1.807) is 0 Å². The summed E-state index contributed by atoms with van der Waals surface area (Å²) >= 11 is 0. The summed E-state index contributed by atoms with van der Waals surface area (Å²) in [7, 11) is 0. The van der Waals surface area contributed by atoms with Gasteiger partial charge in [0.05, 0.1) is 18.4 Å². The quantitative estimate of drug-likeness (QED) is 0.474. The maximum atomic E-state index is 12.2. The molecular weight excluding hydrogens is 436 g/mol. The number of ether oxygens (including phenoxy) is 1. The fraction of sp³-hybridized carbons (Fsp3) is 0.423. The zero-order valence-electron chi connectivity index (χ0n) is 18.9. The third-order valence-electron chi connectivity index (χ3n) is 6.64. The van der Waals surface area contributed by atoms with E-state index in [0.717, 1.165) is 35.1 Å². The summed E-state index contributed by atoms with van der Waals surface area (Å²) in [6.07, 6.45) is 0.580. The van der Waals surface area contributed by atoms with Crippen LogP contribution in [0.1, 0.15) is 49.1 Å². The van der Waals surface area contributed by atoms with Gasteiger partial charge in [0.2, 0.25) is 5.91 Å². The molecule has 0 aromatic heterocycles. The number of fused-ring (bicyclic) bond motifs is 3. The molecule has 2 aromatic rings. The first-order valence-corrected chi connectivity index (χ1v) is 11.7. The van der Waals surface area contributed by atoms with Crippen LogP contribution in [-0.2, 0) is 14.3 Å². The predicted octanol–water partition coefficient (Wildman–Crippen LogP) is 3.04. The van der Waals surface area contributed by atoms with Gasteiger partial charge in [0.15, 0.2) is 0 Å². The van der Waals surface area contributed by atoms with Crippen molar-refractivity contribution in [3.8, 4) is 11.1 Å². The maximum absolute atomic E-state index is 12.2. The van der Waals surface area contributed by atoms with E-state index in [9.17, 15) is 19.5 Å². The maximum Gasteiger partial charge on any atom is 0.407 e. The van der Waals surface area contributed by atoms with Gasteiger partial charge in [-0.3, -0.25) is 9.59 Å². The Kier molecular flexibility index (Phi) is 7.47. The fourth-order valence-electron chi connectivity index (χ4n) is 4.97. The van der Waals surface area contributed by atoms with Crippen molar-refractivity contribution in [3.05, 3.63) is 59.7 Å². The number of aliphatic carboxylic acids is 1. The molecule has 4 N–H and O–H groups in total. The summed E-state index contributed by atoms with van der Waals surface area (Å²) in [6.45, 7) is 0.0510. The van der Waals surface area contributed by atoms with Crippen molar-refractivity contribution < 1.29 is 29.3 Å². The van der Waals surface area contributed by atoms with Crippen molar-refractivity contribution in [1.82, 2.24) is 10.6 Å². The number of aliphatic hydroxyl groups is 1. The van der Waals surface area contributed by atoms with Crippen LogP contribution >= 0.6 is 0 Å². The summed E-state index contributed by atoms with van der Waals surface area (Å²) in [5.41, 5.74) is 4.50. The van der Waals surface area contributed by atoms with E-state index in [1.165, 1.54) is 0 Å². The van der Waals surface area contributed by atoms with E-state index in [-0.39, 0.29) is 37.4 Å². The van der Waals surface area contributed by atoms with Gasteiger partial charge in [-0.25, -0.2) is 4.79 Å². The fourth-order valence-corrected chi connectivity index (χ4v) is 4.97. The molecule has 0 spiro atoms. The van der Waals surface area contributed by atoms with E-state index in [4.69, 9.17) is 9.84 Å². The molecule has 0 aliphatic heterocycles. The van der Waals surface area contributed by atoms with E-state index in [0.29, 0.717) is 12.8 Å². The van der Waals surface area contributed by atoms with Gasteiger partial charge in [-0.15, -0.1) is 0 Å². The van der Waals surface area contributed by atoms with Crippen LogP contribution in [0.5, 0.6) is 0 Å². The highest BCUT2D eigenvalue weighted by atomic mass is 16.5. The van der Waals surface area contributed by atoms with Crippen LogP contribution in [-0.4, -0.2) is 53.5 Å². The number of amides is 2. The average Bonchev–Trinajstić information content (AvgIpc) is 3.15. The smallest absolute Gasteiger partial charge is 0.407 e. The Bertz CT molecular complexity index is 1010. The first-order chi connectivity index (χ1) is 16.4. The largest absolute Gasteiger partial charge is 0.481 e. The standard InChI is InChI=1S/C26H30N2O6/c29-18(13-24(30)28-17-7-5-6-16(12-17)25(31)32)14-27-26(33)34-15-23-21-10-3-1-8-19(21)20-9-2-4-11-22(20)23/h1-4,8-11,16-18,23,29H,5-7,12-15H2,(H,27,33)(H,28,30)(H,31,32)/t16-,17+,18?/m0/s1. The minimum atomic E-state index is -1.07. The molecule has 2 aromatic carbocycles. The van der Waals surface area contributed by atoms with Gasteiger partial charge in [0, 0.05) is 18.5 Å². The molecule has 180 valence electrons. The van der Waals surface area contributed by atoms with Crippen LogP contribution < -0.4 is 10.6 Å². The highest BCUT2D eigenvalue weighted by molar-refractivity contribution is 5.79. The monoisotopic (exact) mass is 466 g/mol. The van der Waals surface area contributed by atoms with Gasteiger partial charge < -0.3 is 25.6 Å². The van der Waals surface area contributed by atoms with Crippen molar-refractivity contribution in [2.45, 2.75) is 50.2 Å². The van der Waals surface area contributed by atoms with Gasteiger partial charge >= 0.3 is 12.1 Å². The molecule has 0 heterocycles. The molecule has 4 rings (SSSR count). The molecule has 2 aliphatic carbocycles. The SMILES string of the molecule is O=C(CC(O)CNC(=O)OCC1c2ccccc2-c2ccccc21)N[C@@H]1CCC[C@H](C(=O)O)C1. The average molecular weight is 467 g/mol. The van der Waals surface area contributed by atoms with Crippen LogP contribution in [0.3, 0.4) is 0 Å². The van der Waals surface area contributed by atoms with Crippen LogP contribution in [0.2, 0.25) is 0 Å². The number of benzene rings is 2. The highest BCUT2D eigenvalue weighted by Gasteiger charge is 2.30. The van der Waals surface area contributed by atoms with E-state index < -0.39 is 24.1 Å². The van der Waals surface area contributed by atoms with E-state index >= 15 is 0 Å². The first-order valence-electron chi connectivity index (χ1n) is 11.7. The molecule has 2 amide bonds. The second-order valence-electron chi connectivity index (χ2n) is 9.03. The summed E-state index contributed by atoms with van der Waals surface area (Å²) in [4.78, 5) is 35.6. The number of aliphatic hydroxyl groups excluding tert-OH is 1. The molecule has 0 bridgehead atoms. The highest BCUT2D eigenvalue weighted by Crippen LogP contribution is 2.44. The molecule has 1 fully saturated rings. The van der Waals surface area contributed by atoms with Crippen LogP contribution in [0.25, 0.3) is 11.1 Å². The molecule has 34 heavy (non-hydrogen) atoms. The van der Waals surface area contributed by atoms with Gasteiger partial charge in [-0.2, -0.15) is 0 Å². The molecule has 0 radical (unpaired) electrons. The van der Waals surface area contributed by atoms with Gasteiger partial charge in [0.25, 0.3) is 0 Å². The molecule has 2 aliphatic rings. The Morgan fingerprint density at radius 1 is 1.00 bits per heavy atom. The number of carbonyl (C=O) groups is 3. The topological polar surface area (TPSA) is 125 Å². The number of carboxylic acids is 1. The van der Waals surface area contributed by atoms with Crippen LogP contribution in [0, 0.1) is 5.92 Å². The molecule has 0 saturated heterocycles. The van der Waals surface area contributed by atoms with Crippen molar-refractivity contribution >= 4 is 18.0 Å². The molecule has 1 saturated carbocycles. The number of alkyl carbamates (subject to hydrolysis) is 1. The van der Waals surface area contributed by atoms with E-state index in [2.05, 4.69) is 22.8 Å². The molecule has 3 atom stereocenters. The normalized spacial score (nSPS) is 20.0. The lowest BCUT2D eigenvalue weighted by atomic mass is 9.85. The Balaban J connectivity index is 1.21. The van der Waals surface area contributed by atoms with Crippen molar-refractivity contribution in [3.63, 3.8) is 0 Å². The van der Waals surface area contributed by atoms with Crippen molar-refractivity contribution in [1.29, 1.82) is 0 Å². The zero-order chi connectivity index (χ0) is 24.1. The zero-order valence-corrected chi connectivity index (χ0v) is 18.9. The Labute approximate surface area is 198 Å². The van der Waals surface area contributed by atoms with Crippen LogP contribution in [0.15, 0.2) is 48.5 Å².